The number of rotatable bonds is 0. The quantitative estimate of drug-likeness (QED) is 0.452. The van der Waals surface area contributed by atoms with Gasteiger partial charge >= 0.3 is 0 Å². The minimum absolute atomic E-state index is 0.583. The van der Waals surface area contributed by atoms with E-state index >= 15 is 0 Å². The molecule has 1 aromatic heterocycles. The maximum absolute atomic E-state index is 5.85. The summed E-state index contributed by atoms with van der Waals surface area (Å²) < 4.78 is 2.07. The monoisotopic (exact) mass is 187 g/mol. The minimum Gasteiger partial charge on any atom is -0.277 e. The van der Waals surface area contributed by atoms with Gasteiger partial charge in [0.2, 0.25) is 0 Å². The Morgan fingerprint density at radius 3 is 3.00 bits per heavy atom. The SMILES string of the molecule is PN1Cc2ncnc(Cl)c2C1. The van der Waals surface area contributed by atoms with Gasteiger partial charge in [0.15, 0.2) is 0 Å². The molecule has 11 heavy (non-hydrogen) atoms. The summed E-state index contributed by atoms with van der Waals surface area (Å²) in [6.45, 7) is 1.68. The van der Waals surface area contributed by atoms with E-state index in [4.69, 9.17) is 11.6 Å². The first-order valence-electron chi connectivity index (χ1n) is 3.25. The van der Waals surface area contributed by atoms with Crippen molar-refractivity contribution in [3.05, 3.63) is 22.7 Å². The largest absolute Gasteiger partial charge is 0.277 e. The fourth-order valence-electron chi connectivity index (χ4n) is 1.17. The van der Waals surface area contributed by atoms with Gasteiger partial charge < -0.3 is 0 Å². The second-order valence-corrected chi connectivity index (χ2v) is 3.58. The van der Waals surface area contributed by atoms with E-state index in [0.29, 0.717) is 5.15 Å². The zero-order valence-electron chi connectivity index (χ0n) is 5.79. The van der Waals surface area contributed by atoms with E-state index in [2.05, 4.69) is 24.0 Å². The second-order valence-electron chi connectivity index (χ2n) is 2.49. The molecule has 0 radical (unpaired) electrons. The summed E-state index contributed by atoms with van der Waals surface area (Å²) >= 11 is 5.85. The molecular weight excluding hydrogens is 181 g/mol. The van der Waals surface area contributed by atoms with Crippen LogP contribution < -0.4 is 0 Å². The van der Waals surface area contributed by atoms with Gasteiger partial charge in [-0.1, -0.05) is 21.0 Å². The van der Waals surface area contributed by atoms with Gasteiger partial charge in [-0.05, 0) is 0 Å². The van der Waals surface area contributed by atoms with E-state index < -0.39 is 0 Å². The average molecular weight is 188 g/mol. The maximum Gasteiger partial charge on any atom is 0.137 e. The first-order chi connectivity index (χ1) is 5.27. The molecule has 1 aliphatic heterocycles. The van der Waals surface area contributed by atoms with Crippen LogP contribution in [0.3, 0.4) is 0 Å². The normalized spacial score (nSPS) is 16.9. The molecule has 0 saturated heterocycles. The lowest BCUT2D eigenvalue weighted by molar-refractivity contribution is 0.504. The molecule has 0 N–H and O–H groups in total. The smallest absolute Gasteiger partial charge is 0.137 e. The first kappa shape index (κ1) is 7.41. The highest BCUT2D eigenvalue weighted by Gasteiger charge is 2.19. The molecule has 3 nitrogen and oxygen atoms in total. The van der Waals surface area contributed by atoms with Gasteiger partial charge in [0, 0.05) is 18.7 Å². The highest BCUT2D eigenvalue weighted by molar-refractivity contribution is 7.13. The Bertz CT molecular complexity index is 291. The van der Waals surface area contributed by atoms with E-state index in [9.17, 15) is 0 Å². The summed E-state index contributed by atoms with van der Waals surface area (Å²) in [5, 5.41) is 0.583. The Kier molecular flexibility index (Phi) is 1.80. The molecule has 0 amide bonds. The zero-order chi connectivity index (χ0) is 7.84. The molecular formula is C6H7ClN3P. The van der Waals surface area contributed by atoms with Crippen molar-refractivity contribution in [1.29, 1.82) is 0 Å². The topological polar surface area (TPSA) is 29.0 Å². The lowest BCUT2D eigenvalue weighted by atomic mass is 10.3. The van der Waals surface area contributed by atoms with E-state index in [1.165, 1.54) is 6.33 Å². The maximum atomic E-state index is 5.85. The van der Waals surface area contributed by atoms with Crippen LogP contribution in [-0.4, -0.2) is 14.6 Å². The second kappa shape index (κ2) is 2.67. The molecule has 0 bridgehead atoms. The van der Waals surface area contributed by atoms with Crippen LogP contribution >= 0.6 is 21.0 Å². The number of halogens is 1. The van der Waals surface area contributed by atoms with Crippen molar-refractivity contribution in [2.75, 3.05) is 0 Å². The molecule has 0 fully saturated rings. The molecule has 1 unspecified atom stereocenters. The Morgan fingerprint density at radius 2 is 2.27 bits per heavy atom. The number of fused-ring (bicyclic) bond motifs is 1. The predicted molar refractivity (Wildman–Crippen MR) is 46.0 cm³/mol. The Morgan fingerprint density at radius 1 is 1.45 bits per heavy atom. The number of aromatic nitrogens is 2. The fourth-order valence-corrected chi connectivity index (χ4v) is 1.74. The number of nitrogens with zero attached hydrogens (tertiary/aromatic N) is 3. The van der Waals surface area contributed by atoms with Crippen molar-refractivity contribution < 1.29 is 0 Å². The molecule has 1 atom stereocenters. The summed E-state index contributed by atoms with van der Waals surface area (Å²) in [4.78, 5) is 8.02. The molecule has 1 aromatic rings. The first-order valence-corrected chi connectivity index (χ1v) is 4.14. The van der Waals surface area contributed by atoms with Crippen molar-refractivity contribution >= 4 is 21.0 Å². The fraction of sp³-hybridized carbons (Fsp3) is 0.333. The zero-order valence-corrected chi connectivity index (χ0v) is 7.70. The van der Waals surface area contributed by atoms with Crippen LogP contribution in [0.25, 0.3) is 0 Å². The third kappa shape index (κ3) is 1.24. The highest BCUT2D eigenvalue weighted by Crippen LogP contribution is 2.27. The molecule has 0 spiro atoms. The van der Waals surface area contributed by atoms with E-state index in [1.807, 2.05) is 0 Å². The van der Waals surface area contributed by atoms with Crippen LogP contribution in [0.2, 0.25) is 5.15 Å². The average Bonchev–Trinajstić information content (AvgIpc) is 2.31. The third-order valence-electron chi connectivity index (χ3n) is 1.70. The van der Waals surface area contributed by atoms with Gasteiger partial charge in [-0.25, -0.2) is 9.97 Å². The molecule has 1 aliphatic rings. The van der Waals surface area contributed by atoms with Crippen LogP contribution in [0.5, 0.6) is 0 Å². The van der Waals surface area contributed by atoms with Crippen LogP contribution in [0.15, 0.2) is 6.33 Å². The summed E-state index contributed by atoms with van der Waals surface area (Å²) in [6, 6.07) is 0. The lowest BCUT2D eigenvalue weighted by Crippen LogP contribution is -1.98. The molecule has 0 aliphatic carbocycles. The summed E-state index contributed by atoms with van der Waals surface area (Å²) in [7, 11) is 2.63. The lowest BCUT2D eigenvalue weighted by Gasteiger charge is -2.01. The summed E-state index contributed by atoms with van der Waals surface area (Å²) in [5.41, 5.74) is 2.10. The number of hydrogen-bond acceptors (Lipinski definition) is 3. The van der Waals surface area contributed by atoms with E-state index in [0.717, 1.165) is 24.3 Å². The van der Waals surface area contributed by atoms with Crippen LogP contribution in [0.1, 0.15) is 11.3 Å². The Labute approximate surface area is 72.0 Å². The van der Waals surface area contributed by atoms with Gasteiger partial charge in [-0.15, -0.1) is 0 Å². The predicted octanol–water partition coefficient (Wildman–Crippen LogP) is 1.24. The van der Waals surface area contributed by atoms with E-state index in [-0.39, 0.29) is 0 Å². The minimum atomic E-state index is 0.583. The van der Waals surface area contributed by atoms with Gasteiger partial charge in [0.05, 0.1) is 5.69 Å². The standard InChI is InChI=1S/C6H7ClN3P/c7-6-4-1-10(11)2-5(4)8-3-9-6/h3H,1-2,11H2. The van der Waals surface area contributed by atoms with Gasteiger partial charge in [-0.2, -0.15) is 0 Å². The van der Waals surface area contributed by atoms with Gasteiger partial charge in [0.25, 0.3) is 0 Å². The molecule has 0 aromatic carbocycles. The summed E-state index contributed by atoms with van der Waals surface area (Å²) in [5.74, 6) is 0. The molecule has 2 heterocycles. The van der Waals surface area contributed by atoms with Crippen LogP contribution in [0, 0.1) is 0 Å². The molecule has 0 saturated carbocycles. The summed E-state index contributed by atoms with van der Waals surface area (Å²) in [6.07, 6.45) is 1.50. The van der Waals surface area contributed by atoms with Crippen molar-refractivity contribution in [2.24, 2.45) is 0 Å². The van der Waals surface area contributed by atoms with Gasteiger partial charge in [-0.3, -0.25) is 4.67 Å². The van der Waals surface area contributed by atoms with Crippen molar-refractivity contribution in [1.82, 2.24) is 14.6 Å². The molecule has 2 rings (SSSR count). The van der Waals surface area contributed by atoms with Crippen LogP contribution in [0.4, 0.5) is 0 Å². The van der Waals surface area contributed by atoms with Crippen molar-refractivity contribution in [3.8, 4) is 0 Å². The van der Waals surface area contributed by atoms with Crippen molar-refractivity contribution in [2.45, 2.75) is 13.1 Å². The van der Waals surface area contributed by atoms with Gasteiger partial charge in [0.1, 0.15) is 11.5 Å². The highest BCUT2D eigenvalue weighted by atomic mass is 35.5. The van der Waals surface area contributed by atoms with Crippen molar-refractivity contribution in [3.63, 3.8) is 0 Å². The number of hydrogen-bond donors (Lipinski definition) is 0. The Balaban J connectivity index is 2.49. The van der Waals surface area contributed by atoms with Crippen LogP contribution in [-0.2, 0) is 13.1 Å². The Hall–Kier alpha value is -0.240. The molecule has 58 valence electrons. The van der Waals surface area contributed by atoms with E-state index in [1.54, 1.807) is 0 Å². The third-order valence-corrected chi connectivity index (χ3v) is 2.39. The molecule has 5 heteroatoms.